The highest BCUT2D eigenvalue weighted by molar-refractivity contribution is 7.15. The van der Waals surface area contributed by atoms with E-state index in [1.165, 1.54) is 32.1 Å². The highest BCUT2D eigenvalue weighted by atomic mass is 32.1. The summed E-state index contributed by atoms with van der Waals surface area (Å²) >= 11 is 1.65. The Bertz CT molecular complexity index is 266. The van der Waals surface area contributed by atoms with Gasteiger partial charge in [-0.15, -0.1) is 10.2 Å². The van der Waals surface area contributed by atoms with Crippen LogP contribution in [-0.2, 0) is 0 Å². The van der Waals surface area contributed by atoms with E-state index in [-0.39, 0.29) is 0 Å². The maximum absolute atomic E-state index is 4.07. The van der Waals surface area contributed by atoms with Gasteiger partial charge < -0.3 is 5.32 Å². The Labute approximate surface area is 82.6 Å². The van der Waals surface area contributed by atoms with Crippen LogP contribution < -0.4 is 5.32 Å². The summed E-state index contributed by atoms with van der Waals surface area (Å²) in [5.74, 6) is 0. The fourth-order valence-corrected chi connectivity index (χ4v) is 2.45. The molecule has 3 nitrogen and oxygen atoms in total. The molecule has 0 saturated heterocycles. The Kier molecular flexibility index (Phi) is 2.78. The molecular weight excluding hydrogens is 182 g/mol. The quantitative estimate of drug-likeness (QED) is 0.792. The zero-order valence-electron chi connectivity index (χ0n) is 7.92. The Morgan fingerprint density at radius 1 is 1.23 bits per heavy atom. The third-order valence-electron chi connectivity index (χ3n) is 2.46. The molecule has 72 valence electrons. The van der Waals surface area contributed by atoms with E-state index in [2.05, 4.69) is 15.5 Å². The molecule has 0 unspecified atom stereocenters. The van der Waals surface area contributed by atoms with Crippen molar-refractivity contribution in [2.75, 3.05) is 5.32 Å². The molecule has 0 aliphatic heterocycles. The summed E-state index contributed by atoms with van der Waals surface area (Å²) in [7, 11) is 0. The number of hydrogen-bond donors (Lipinski definition) is 1. The van der Waals surface area contributed by atoms with E-state index in [0.717, 1.165) is 10.1 Å². The molecule has 13 heavy (non-hydrogen) atoms. The highest BCUT2D eigenvalue weighted by Crippen LogP contribution is 2.23. The van der Waals surface area contributed by atoms with Crippen molar-refractivity contribution >= 4 is 16.5 Å². The monoisotopic (exact) mass is 197 g/mol. The molecule has 0 radical (unpaired) electrons. The minimum absolute atomic E-state index is 0.640. The first-order chi connectivity index (χ1) is 6.34. The van der Waals surface area contributed by atoms with Crippen LogP contribution in [0.4, 0.5) is 5.13 Å². The van der Waals surface area contributed by atoms with E-state index < -0.39 is 0 Å². The Morgan fingerprint density at radius 3 is 2.62 bits per heavy atom. The zero-order valence-corrected chi connectivity index (χ0v) is 8.73. The molecule has 1 saturated carbocycles. The first-order valence-corrected chi connectivity index (χ1v) is 5.73. The largest absolute Gasteiger partial charge is 0.357 e. The first kappa shape index (κ1) is 8.94. The Balaban J connectivity index is 1.89. The van der Waals surface area contributed by atoms with E-state index >= 15 is 0 Å². The van der Waals surface area contributed by atoms with Gasteiger partial charge in [-0.2, -0.15) is 0 Å². The van der Waals surface area contributed by atoms with Gasteiger partial charge in [0.2, 0.25) is 5.13 Å². The van der Waals surface area contributed by atoms with Gasteiger partial charge in [0.1, 0.15) is 5.01 Å². The van der Waals surface area contributed by atoms with Crippen LogP contribution in [0.15, 0.2) is 0 Å². The van der Waals surface area contributed by atoms with Crippen molar-refractivity contribution < 1.29 is 0 Å². The average Bonchev–Trinajstić information content (AvgIpc) is 2.53. The van der Waals surface area contributed by atoms with Gasteiger partial charge in [0.25, 0.3) is 0 Å². The second kappa shape index (κ2) is 4.05. The predicted octanol–water partition coefficient (Wildman–Crippen LogP) is 2.59. The third-order valence-corrected chi connectivity index (χ3v) is 3.23. The normalized spacial score (nSPS) is 18.8. The van der Waals surface area contributed by atoms with Crippen molar-refractivity contribution in [3.05, 3.63) is 5.01 Å². The summed E-state index contributed by atoms with van der Waals surface area (Å²) in [6, 6.07) is 0.640. The molecule has 1 N–H and O–H groups in total. The minimum Gasteiger partial charge on any atom is -0.357 e. The number of rotatable bonds is 2. The topological polar surface area (TPSA) is 37.8 Å². The molecule has 1 aromatic rings. The number of aryl methyl sites for hydroxylation is 1. The van der Waals surface area contributed by atoms with Gasteiger partial charge in [0, 0.05) is 6.04 Å². The van der Waals surface area contributed by atoms with E-state index in [9.17, 15) is 0 Å². The smallest absolute Gasteiger partial charge is 0.205 e. The van der Waals surface area contributed by atoms with Crippen molar-refractivity contribution in [1.29, 1.82) is 0 Å². The summed E-state index contributed by atoms with van der Waals surface area (Å²) in [6.45, 7) is 1.99. The van der Waals surface area contributed by atoms with Crippen molar-refractivity contribution in [2.24, 2.45) is 0 Å². The predicted molar refractivity (Wildman–Crippen MR) is 55.1 cm³/mol. The Hall–Kier alpha value is -0.640. The van der Waals surface area contributed by atoms with Crippen LogP contribution in [0.1, 0.15) is 37.1 Å². The average molecular weight is 197 g/mol. The summed E-state index contributed by atoms with van der Waals surface area (Å²) in [4.78, 5) is 0. The molecule has 2 rings (SSSR count). The highest BCUT2D eigenvalue weighted by Gasteiger charge is 2.14. The van der Waals surface area contributed by atoms with Crippen LogP contribution >= 0.6 is 11.3 Å². The zero-order chi connectivity index (χ0) is 9.10. The Morgan fingerprint density at radius 2 is 2.00 bits per heavy atom. The van der Waals surface area contributed by atoms with Gasteiger partial charge in [-0.25, -0.2) is 0 Å². The number of hydrogen-bond acceptors (Lipinski definition) is 4. The first-order valence-electron chi connectivity index (χ1n) is 4.91. The third kappa shape index (κ3) is 2.40. The molecule has 1 heterocycles. The van der Waals surface area contributed by atoms with Gasteiger partial charge in [-0.05, 0) is 19.8 Å². The lowest BCUT2D eigenvalue weighted by Crippen LogP contribution is -2.21. The maximum Gasteiger partial charge on any atom is 0.205 e. The summed E-state index contributed by atoms with van der Waals surface area (Å²) in [5.41, 5.74) is 0. The molecule has 0 atom stereocenters. The second-order valence-corrected chi connectivity index (χ2v) is 4.79. The molecule has 0 aromatic carbocycles. The summed E-state index contributed by atoms with van der Waals surface area (Å²) < 4.78 is 0. The second-order valence-electron chi connectivity index (χ2n) is 3.61. The van der Waals surface area contributed by atoms with Gasteiger partial charge in [0.15, 0.2) is 0 Å². The van der Waals surface area contributed by atoms with Crippen LogP contribution in [-0.4, -0.2) is 16.2 Å². The van der Waals surface area contributed by atoms with Crippen molar-refractivity contribution in [3.8, 4) is 0 Å². The lowest BCUT2D eigenvalue weighted by atomic mass is 9.96. The number of anilines is 1. The van der Waals surface area contributed by atoms with Gasteiger partial charge >= 0.3 is 0 Å². The lowest BCUT2D eigenvalue weighted by Gasteiger charge is -2.21. The van der Waals surface area contributed by atoms with Crippen LogP contribution in [0.2, 0.25) is 0 Å². The molecule has 4 heteroatoms. The molecule has 1 aromatic heterocycles. The summed E-state index contributed by atoms with van der Waals surface area (Å²) in [6.07, 6.45) is 6.69. The van der Waals surface area contributed by atoms with E-state index in [1.54, 1.807) is 11.3 Å². The lowest BCUT2D eigenvalue weighted by molar-refractivity contribution is 0.462. The van der Waals surface area contributed by atoms with Crippen LogP contribution in [0.3, 0.4) is 0 Å². The molecule has 1 aliphatic carbocycles. The molecular formula is C9H15N3S. The number of aromatic nitrogens is 2. The molecule has 1 aliphatic rings. The van der Waals surface area contributed by atoms with E-state index in [4.69, 9.17) is 0 Å². The molecule has 0 amide bonds. The van der Waals surface area contributed by atoms with Gasteiger partial charge in [0.05, 0.1) is 0 Å². The number of nitrogens with zero attached hydrogens (tertiary/aromatic N) is 2. The van der Waals surface area contributed by atoms with E-state index in [1.807, 2.05) is 6.92 Å². The van der Waals surface area contributed by atoms with Crippen molar-refractivity contribution in [1.82, 2.24) is 10.2 Å². The maximum atomic E-state index is 4.07. The van der Waals surface area contributed by atoms with Crippen LogP contribution in [0.5, 0.6) is 0 Å². The van der Waals surface area contributed by atoms with Crippen molar-refractivity contribution in [3.63, 3.8) is 0 Å². The van der Waals surface area contributed by atoms with Crippen LogP contribution in [0, 0.1) is 6.92 Å². The number of nitrogens with one attached hydrogen (secondary N) is 1. The van der Waals surface area contributed by atoms with Crippen molar-refractivity contribution in [2.45, 2.75) is 45.1 Å². The molecule has 0 bridgehead atoms. The van der Waals surface area contributed by atoms with Gasteiger partial charge in [-0.1, -0.05) is 30.6 Å². The van der Waals surface area contributed by atoms with Gasteiger partial charge in [-0.3, -0.25) is 0 Å². The fourth-order valence-electron chi connectivity index (χ4n) is 1.78. The molecule has 0 spiro atoms. The summed E-state index contributed by atoms with van der Waals surface area (Å²) in [5, 5.41) is 13.5. The standard InChI is InChI=1S/C9H15N3S/c1-7-11-12-9(13-7)10-8-5-3-2-4-6-8/h8H,2-6H2,1H3,(H,10,12). The fraction of sp³-hybridized carbons (Fsp3) is 0.778. The van der Waals surface area contributed by atoms with E-state index in [0.29, 0.717) is 6.04 Å². The minimum atomic E-state index is 0.640. The SMILES string of the molecule is Cc1nnc(NC2CCCCC2)s1. The molecule has 1 fully saturated rings. The van der Waals surface area contributed by atoms with Crippen LogP contribution in [0.25, 0.3) is 0 Å².